The number of likely N-dealkylation sites (tertiary alicyclic amines) is 2. The lowest BCUT2D eigenvalue weighted by molar-refractivity contribution is -0.192. The second-order valence-electron chi connectivity index (χ2n) is 8.08. The van der Waals surface area contributed by atoms with E-state index in [1.54, 1.807) is 20.1 Å². The maximum absolute atomic E-state index is 13.3. The summed E-state index contributed by atoms with van der Waals surface area (Å²) in [6.45, 7) is 9.38. The van der Waals surface area contributed by atoms with Gasteiger partial charge >= 0.3 is 12.1 Å². The summed E-state index contributed by atoms with van der Waals surface area (Å²) in [5, 5.41) is 7.12. The number of methoxy groups -OCH3 is 1. The van der Waals surface area contributed by atoms with Crippen molar-refractivity contribution in [1.82, 2.24) is 9.80 Å². The molecule has 6 nitrogen and oxygen atoms in total. The molecule has 0 saturated carbocycles. The van der Waals surface area contributed by atoms with Crippen molar-refractivity contribution in [3.63, 3.8) is 0 Å². The van der Waals surface area contributed by atoms with Crippen LogP contribution in [0, 0.1) is 24.1 Å². The zero-order chi connectivity index (χ0) is 23.4. The summed E-state index contributed by atoms with van der Waals surface area (Å²) >= 11 is 0. The van der Waals surface area contributed by atoms with E-state index in [-0.39, 0.29) is 17.1 Å². The average molecular weight is 448 g/mol. The quantitative estimate of drug-likeness (QED) is 0.717. The van der Waals surface area contributed by atoms with Gasteiger partial charge in [-0.25, -0.2) is 9.18 Å². The number of nitrogens with zero attached hydrogens (tertiary/aromatic N) is 2. The standard InChI is InChI=1S/C19H27FN2O2.C2HF3O2/c1-4-21-10-15(11-24-3)19(12-21)7-8-22(13-19)18(23)17-6-5-16(20)9-14(17)2;3-2(4,5)1(6)7/h5-6,9,15H,4,7-8,10-13H2,1-3H3;(H,6,7)/t15-,19-;/m1./s1. The van der Waals surface area contributed by atoms with Gasteiger partial charge in [0, 0.05) is 50.2 Å². The number of halogens is 4. The Labute approximate surface area is 178 Å². The van der Waals surface area contributed by atoms with Crippen molar-refractivity contribution in [1.29, 1.82) is 0 Å². The number of rotatable bonds is 4. The molecule has 1 aromatic carbocycles. The lowest BCUT2D eigenvalue weighted by Crippen LogP contribution is -2.38. The molecule has 2 heterocycles. The number of aryl methyl sites for hydroxylation is 1. The number of carboxylic acids is 1. The van der Waals surface area contributed by atoms with Crippen LogP contribution in [0.1, 0.15) is 29.3 Å². The minimum Gasteiger partial charge on any atom is -0.475 e. The third kappa shape index (κ3) is 5.94. The molecule has 2 saturated heterocycles. The van der Waals surface area contributed by atoms with Crippen LogP contribution in [-0.4, -0.2) is 79.4 Å². The van der Waals surface area contributed by atoms with E-state index in [1.807, 2.05) is 4.90 Å². The van der Waals surface area contributed by atoms with E-state index in [0.29, 0.717) is 17.0 Å². The Morgan fingerprint density at radius 1 is 1.29 bits per heavy atom. The fourth-order valence-corrected chi connectivity index (χ4v) is 4.38. The number of hydrogen-bond donors (Lipinski definition) is 1. The zero-order valence-electron chi connectivity index (χ0n) is 17.8. The van der Waals surface area contributed by atoms with Crippen LogP contribution < -0.4 is 0 Å². The summed E-state index contributed by atoms with van der Waals surface area (Å²) in [5.74, 6) is -2.56. The molecular formula is C21H28F4N2O4. The molecule has 0 unspecified atom stereocenters. The first-order chi connectivity index (χ1) is 14.4. The van der Waals surface area contributed by atoms with E-state index in [0.717, 1.165) is 45.8 Å². The molecule has 1 aromatic rings. The number of amides is 1. The van der Waals surface area contributed by atoms with Crippen LogP contribution in [0.25, 0.3) is 0 Å². The van der Waals surface area contributed by atoms with Gasteiger partial charge in [0.25, 0.3) is 5.91 Å². The molecule has 3 rings (SSSR count). The average Bonchev–Trinajstić information content (AvgIpc) is 3.26. The van der Waals surface area contributed by atoms with Gasteiger partial charge in [0.15, 0.2) is 0 Å². The third-order valence-electron chi connectivity index (χ3n) is 6.03. The first-order valence-corrected chi connectivity index (χ1v) is 10.0. The van der Waals surface area contributed by atoms with E-state index < -0.39 is 12.1 Å². The second-order valence-corrected chi connectivity index (χ2v) is 8.08. The number of ether oxygens (including phenoxy) is 1. The van der Waals surface area contributed by atoms with E-state index in [2.05, 4.69) is 11.8 Å². The van der Waals surface area contributed by atoms with Crippen LogP contribution in [0.3, 0.4) is 0 Å². The Morgan fingerprint density at radius 3 is 2.45 bits per heavy atom. The highest BCUT2D eigenvalue weighted by Gasteiger charge is 2.50. The lowest BCUT2D eigenvalue weighted by atomic mass is 9.77. The van der Waals surface area contributed by atoms with Gasteiger partial charge in [-0.3, -0.25) is 4.79 Å². The number of aliphatic carboxylic acids is 1. The number of carbonyl (C=O) groups is 2. The highest BCUT2D eigenvalue weighted by atomic mass is 19.4. The summed E-state index contributed by atoms with van der Waals surface area (Å²) in [6.07, 6.45) is -4.07. The molecule has 2 aliphatic heterocycles. The molecule has 0 radical (unpaired) electrons. The zero-order valence-corrected chi connectivity index (χ0v) is 17.8. The predicted molar refractivity (Wildman–Crippen MR) is 105 cm³/mol. The minimum atomic E-state index is -5.08. The van der Waals surface area contributed by atoms with Crippen LogP contribution in [0.2, 0.25) is 0 Å². The maximum Gasteiger partial charge on any atom is 0.490 e. The van der Waals surface area contributed by atoms with E-state index in [9.17, 15) is 22.4 Å². The van der Waals surface area contributed by atoms with Crippen molar-refractivity contribution < 1.29 is 37.0 Å². The molecular weight excluding hydrogens is 420 g/mol. The molecule has 2 aliphatic rings. The molecule has 0 bridgehead atoms. The summed E-state index contributed by atoms with van der Waals surface area (Å²) in [6, 6.07) is 4.41. The van der Waals surface area contributed by atoms with Crippen molar-refractivity contribution in [3.05, 3.63) is 35.1 Å². The van der Waals surface area contributed by atoms with Gasteiger partial charge in [0.1, 0.15) is 5.82 Å². The smallest absolute Gasteiger partial charge is 0.475 e. The van der Waals surface area contributed by atoms with Gasteiger partial charge in [0.2, 0.25) is 0 Å². The number of alkyl halides is 3. The van der Waals surface area contributed by atoms with Crippen molar-refractivity contribution in [2.75, 3.05) is 46.4 Å². The molecule has 0 aromatic heterocycles. The molecule has 0 aliphatic carbocycles. The molecule has 31 heavy (non-hydrogen) atoms. The van der Waals surface area contributed by atoms with Crippen LogP contribution in [0.4, 0.5) is 17.6 Å². The summed E-state index contributed by atoms with van der Waals surface area (Å²) in [7, 11) is 1.75. The first-order valence-electron chi connectivity index (χ1n) is 10.0. The largest absolute Gasteiger partial charge is 0.490 e. The fourth-order valence-electron chi connectivity index (χ4n) is 4.38. The molecule has 2 fully saturated rings. The van der Waals surface area contributed by atoms with Crippen molar-refractivity contribution in [3.8, 4) is 0 Å². The first kappa shape index (κ1) is 25.1. The monoisotopic (exact) mass is 448 g/mol. The van der Waals surface area contributed by atoms with Gasteiger partial charge in [-0.1, -0.05) is 6.92 Å². The number of benzene rings is 1. The topological polar surface area (TPSA) is 70.1 Å². The Balaban J connectivity index is 0.000000423. The van der Waals surface area contributed by atoms with Gasteiger partial charge in [-0.05, 0) is 43.7 Å². The van der Waals surface area contributed by atoms with Crippen molar-refractivity contribution >= 4 is 11.9 Å². The molecule has 1 amide bonds. The van der Waals surface area contributed by atoms with E-state index in [4.69, 9.17) is 14.6 Å². The number of carbonyl (C=O) groups excluding carboxylic acids is 1. The fraction of sp³-hybridized carbons (Fsp3) is 0.619. The SMILES string of the molecule is CCN1C[C@H](COC)[C@]2(CCN(C(=O)c3ccc(F)cc3C)C2)C1.O=C(O)C(F)(F)F. The van der Waals surface area contributed by atoms with Crippen LogP contribution in [0.15, 0.2) is 18.2 Å². The van der Waals surface area contributed by atoms with Gasteiger partial charge < -0.3 is 19.6 Å². The van der Waals surface area contributed by atoms with E-state index >= 15 is 0 Å². The number of carboxylic acid groups (broad SMARTS) is 1. The van der Waals surface area contributed by atoms with Crippen LogP contribution in [0.5, 0.6) is 0 Å². The molecule has 1 spiro atoms. The van der Waals surface area contributed by atoms with Crippen molar-refractivity contribution in [2.45, 2.75) is 26.4 Å². The van der Waals surface area contributed by atoms with Crippen LogP contribution in [-0.2, 0) is 9.53 Å². The predicted octanol–water partition coefficient (Wildman–Crippen LogP) is 3.20. The lowest BCUT2D eigenvalue weighted by Gasteiger charge is -2.30. The Morgan fingerprint density at radius 2 is 1.94 bits per heavy atom. The second kappa shape index (κ2) is 9.95. The normalized spacial score (nSPS) is 23.7. The van der Waals surface area contributed by atoms with Crippen LogP contribution >= 0.6 is 0 Å². The van der Waals surface area contributed by atoms with Gasteiger partial charge in [-0.2, -0.15) is 13.2 Å². The summed E-state index contributed by atoms with van der Waals surface area (Å²) in [5.41, 5.74) is 1.45. The minimum absolute atomic E-state index is 0.0236. The third-order valence-corrected chi connectivity index (χ3v) is 6.03. The molecule has 1 N–H and O–H groups in total. The van der Waals surface area contributed by atoms with Crippen molar-refractivity contribution in [2.24, 2.45) is 11.3 Å². The Bertz CT molecular complexity index is 802. The molecule has 2 atom stereocenters. The molecule has 174 valence electrons. The van der Waals surface area contributed by atoms with E-state index in [1.165, 1.54) is 12.1 Å². The maximum atomic E-state index is 13.3. The Hall–Kier alpha value is -2.20. The molecule has 10 heteroatoms. The highest BCUT2D eigenvalue weighted by molar-refractivity contribution is 5.95. The number of hydrogen-bond acceptors (Lipinski definition) is 4. The highest BCUT2D eigenvalue weighted by Crippen LogP contribution is 2.44. The Kier molecular flexibility index (Phi) is 8.04. The summed E-state index contributed by atoms with van der Waals surface area (Å²) < 4.78 is 50.5. The van der Waals surface area contributed by atoms with Gasteiger partial charge in [0.05, 0.1) is 6.61 Å². The van der Waals surface area contributed by atoms with Gasteiger partial charge in [-0.15, -0.1) is 0 Å². The summed E-state index contributed by atoms with van der Waals surface area (Å²) in [4.78, 5) is 26.2.